The summed E-state index contributed by atoms with van der Waals surface area (Å²) in [5, 5.41) is 3.86. The molecule has 0 aliphatic heterocycles. The summed E-state index contributed by atoms with van der Waals surface area (Å²) in [7, 11) is 0. The summed E-state index contributed by atoms with van der Waals surface area (Å²) in [6.07, 6.45) is 0. The summed E-state index contributed by atoms with van der Waals surface area (Å²) in [5.41, 5.74) is 2.64. The van der Waals surface area contributed by atoms with E-state index in [1.54, 1.807) is 30.3 Å². The van der Waals surface area contributed by atoms with Gasteiger partial charge in [0.05, 0.1) is 17.7 Å². The molecule has 0 spiro atoms. The van der Waals surface area contributed by atoms with Crippen molar-refractivity contribution < 1.29 is 9.53 Å². The van der Waals surface area contributed by atoms with Gasteiger partial charge in [0.1, 0.15) is 5.75 Å². The average molecular weight is 350 g/mol. The lowest BCUT2D eigenvalue weighted by atomic mass is 9.99. The third kappa shape index (κ3) is 3.61. The minimum Gasteiger partial charge on any atom is -0.493 e. The van der Waals surface area contributed by atoms with Crippen LogP contribution in [0.3, 0.4) is 0 Å². The molecule has 1 heterocycles. The van der Waals surface area contributed by atoms with Crippen LogP contribution < -0.4 is 15.6 Å². The molecule has 26 heavy (non-hydrogen) atoms. The number of hydrogen-bond donors (Lipinski definition) is 2. The van der Waals surface area contributed by atoms with Crippen LogP contribution in [0.1, 0.15) is 42.6 Å². The highest BCUT2D eigenvalue weighted by molar-refractivity contribution is 6.06. The molecule has 2 aromatic carbocycles. The minimum absolute atomic E-state index is 0.147. The Morgan fingerprint density at radius 1 is 1.15 bits per heavy atom. The van der Waals surface area contributed by atoms with E-state index in [9.17, 15) is 9.59 Å². The van der Waals surface area contributed by atoms with Crippen molar-refractivity contribution in [3.8, 4) is 5.75 Å². The molecule has 2 N–H and O–H groups in total. The Bertz CT molecular complexity index is 1010. The first kappa shape index (κ1) is 17.7. The van der Waals surface area contributed by atoms with Crippen molar-refractivity contribution in [2.45, 2.75) is 26.7 Å². The topological polar surface area (TPSA) is 71.2 Å². The van der Waals surface area contributed by atoms with Gasteiger partial charge in [-0.05, 0) is 42.7 Å². The van der Waals surface area contributed by atoms with E-state index < -0.39 is 0 Å². The van der Waals surface area contributed by atoms with Gasteiger partial charge in [-0.1, -0.05) is 32.0 Å². The first-order valence-corrected chi connectivity index (χ1v) is 8.69. The van der Waals surface area contributed by atoms with Gasteiger partial charge in [-0.15, -0.1) is 0 Å². The number of anilines is 1. The van der Waals surface area contributed by atoms with Gasteiger partial charge in [-0.3, -0.25) is 9.59 Å². The van der Waals surface area contributed by atoms with Gasteiger partial charge in [0.15, 0.2) is 0 Å². The number of carbonyl (C=O) groups excluding carboxylic acids is 1. The van der Waals surface area contributed by atoms with Crippen LogP contribution in [0, 0.1) is 0 Å². The highest BCUT2D eigenvalue weighted by atomic mass is 16.5. The molecule has 0 unspecified atom stereocenters. The van der Waals surface area contributed by atoms with Crippen LogP contribution >= 0.6 is 0 Å². The van der Waals surface area contributed by atoms with Gasteiger partial charge >= 0.3 is 0 Å². The van der Waals surface area contributed by atoms with Gasteiger partial charge in [0.2, 0.25) is 5.56 Å². The third-order valence-corrected chi connectivity index (χ3v) is 4.19. The van der Waals surface area contributed by atoms with Crippen molar-refractivity contribution in [3.63, 3.8) is 0 Å². The molecular weight excluding hydrogens is 328 g/mol. The summed E-state index contributed by atoms with van der Waals surface area (Å²) in [6.45, 7) is 6.46. The summed E-state index contributed by atoms with van der Waals surface area (Å²) in [4.78, 5) is 27.4. The Kier molecular flexibility index (Phi) is 5.07. The number of H-pyrrole nitrogens is 1. The Balaban J connectivity index is 1.95. The number of rotatable bonds is 5. The molecule has 1 aromatic heterocycles. The van der Waals surface area contributed by atoms with Crippen molar-refractivity contribution in [1.82, 2.24) is 4.98 Å². The maximum atomic E-state index is 12.6. The largest absolute Gasteiger partial charge is 0.493 e. The number of para-hydroxylation sites is 1. The highest BCUT2D eigenvalue weighted by Gasteiger charge is 2.13. The van der Waals surface area contributed by atoms with E-state index >= 15 is 0 Å². The normalized spacial score (nSPS) is 10.9. The Labute approximate surface area is 152 Å². The Morgan fingerprint density at radius 2 is 1.92 bits per heavy atom. The number of aromatic amines is 1. The number of aromatic nitrogens is 1. The van der Waals surface area contributed by atoms with E-state index in [1.807, 2.05) is 25.1 Å². The fraction of sp³-hybridized carbons (Fsp3) is 0.238. The Hall–Kier alpha value is -3.08. The minimum atomic E-state index is -0.254. The Morgan fingerprint density at radius 3 is 2.65 bits per heavy atom. The molecule has 0 bridgehead atoms. The molecular formula is C21H22N2O3. The molecule has 0 aliphatic carbocycles. The van der Waals surface area contributed by atoms with Crippen LogP contribution in [0.5, 0.6) is 5.75 Å². The first-order valence-electron chi connectivity index (χ1n) is 8.69. The fourth-order valence-corrected chi connectivity index (χ4v) is 2.98. The molecule has 3 rings (SSSR count). The summed E-state index contributed by atoms with van der Waals surface area (Å²) >= 11 is 0. The second-order valence-corrected chi connectivity index (χ2v) is 6.39. The van der Waals surface area contributed by atoms with Crippen molar-refractivity contribution in [1.29, 1.82) is 0 Å². The zero-order valence-electron chi connectivity index (χ0n) is 15.1. The van der Waals surface area contributed by atoms with Gasteiger partial charge < -0.3 is 15.0 Å². The predicted molar refractivity (Wildman–Crippen MR) is 104 cm³/mol. The average Bonchev–Trinajstić information content (AvgIpc) is 2.61. The number of fused-ring (bicyclic) bond motifs is 1. The quantitative estimate of drug-likeness (QED) is 0.720. The van der Waals surface area contributed by atoms with Crippen LogP contribution in [0.25, 0.3) is 10.9 Å². The van der Waals surface area contributed by atoms with E-state index in [-0.39, 0.29) is 17.4 Å². The monoisotopic (exact) mass is 350 g/mol. The van der Waals surface area contributed by atoms with Crippen molar-refractivity contribution in [2.75, 3.05) is 11.9 Å². The maximum absolute atomic E-state index is 12.6. The standard InChI is InChI=1S/C21H22N2O3/c1-4-26-19-8-6-5-7-16(19)21(25)22-14-9-10-15-17(13(2)3)12-20(24)23-18(15)11-14/h5-13H,4H2,1-3H3,(H,22,25)(H,23,24). The molecule has 0 saturated heterocycles. The molecule has 3 aromatic rings. The smallest absolute Gasteiger partial charge is 0.259 e. The lowest BCUT2D eigenvalue weighted by Crippen LogP contribution is -2.14. The molecule has 0 fully saturated rings. The number of ether oxygens (including phenoxy) is 1. The van der Waals surface area contributed by atoms with Gasteiger partial charge in [0.25, 0.3) is 5.91 Å². The van der Waals surface area contributed by atoms with Gasteiger partial charge in [-0.25, -0.2) is 0 Å². The highest BCUT2D eigenvalue weighted by Crippen LogP contribution is 2.26. The van der Waals surface area contributed by atoms with Crippen LogP contribution in [0.15, 0.2) is 53.3 Å². The molecule has 0 radical (unpaired) electrons. The van der Waals surface area contributed by atoms with Gasteiger partial charge in [0, 0.05) is 17.1 Å². The number of pyridine rings is 1. The fourth-order valence-electron chi connectivity index (χ4n) is 2.98. The zero-order valence-corrected chi connectivity index (χ0v) is 15.1. The number of nitrogens with one attached hydrogen (secondary N) is 2. The second kappa shape index (κ2) is 7.44. The van der Waals surface area contributed by atoms with E-state index in [4.69, 9.17) is 4.74 Å². The van der Waals surface area contributed by atoms with Crippen LogP contribution in [0.4, 0.5) is 5.69 Å². The molecule has 0 aliphatic rings. The predicted octanol–water partition coefficient (Wildman–Crippen LogP) is 4.30. The summed E-state index contributed by atoms with van der Waals surface area (Å²) in [6, 6.07) is 14.3. The van der Waals surface area contributed by atoms with E-state index in [1.165, 1.54) is 0 Å². The van der Waals surface area contributed by atoms with E-state index in [2.05, 4.69) is 24.1 Å². The SMILES string of the molecule is CCOc1ccccc1C(=O)Nc1ccc2c(C(C)C)cc(=O)[nH]c2c1. The summed E-state index contributed by atoms with van der Waals surface area (Å²) < 4.78 is 5.52. The zero-order chi connectivity index (χ0) is 18.7. The van der Waals surface area contributed by atoms with Crippen LogP contribution in [-0.2, 0) is 0 Å². The molecule has 0 saturated carbocycles. The lowest BCUT2D eigenvalue weighted by Gasteiger charge is -2.13. The van der Waals surface area contributed by atoms with E-state index in [0.717, 1.165) is 10.9 Å². The number of carbonyl (C=O) groups is 1. The van der Waals surface area contributed by atoms with Gasteiger partial charge in [-0.2, -0.15) is 0 Å². The van der Waals surface area contributed by atoms with Crippen LogP contribution in [0.2, 0.25) is 0 Å². The molecule has 5 nitrogen and oxygen atoms in total. The molecule has 0 atom stereocenters. The van der Waals surface area contributed by atoms with Crippen molar-refractivity contribution in [3.05, 3.63) is 70.0 Å². The third-order valence-electron chi connectivity index (χ3n) is 4.19. The maximum Gasteiger partial charge on any atom is 0.259 e. The second-order valence-electron chi connectivity index (χ2n) is 6.39. The lowest BCUT2D eigenvalue weighted by molar-refractivity contribution is 0.102. The number of hydrogen-bond acceptors (Lipinski definition) is 3. The van der Waals surface area contributed by atoms with E-state index in [0.29, 0.717) is 29.1 Å². The summed E-state index contributed by atoms with van der Waals surface area (Å²) in [5.74, 6) is 0.526. The van der Waals surface area contributed by atoms with Crippen molar-refractivity contribution >= 4 is 22.5 Å². The first-order chi connectivity index (χ1) is 12.5. The molecule has 134 valence electrons. The van der Waals surface area contributed by atoms with Crippen molar-refractivity contribution in [2.24, 2.45) is 0 Å². The molecule has 5 heteroatoms. The number of amides is 1. The number of benzene rings is 2. The van der Waals surface area contributed by atoms with Crippen LogP contribution in [-0.4, -0.2) is 17.5 Å². The molecule has 1 amide bonds.